The number of hydrogen-bond donors (Lipinski definition) is 0. The molecule has 2 aliphatic heterocycles. The van der Waals surface area contributed by atoms with Gasteiger partial charge in [-0.15, -0.1) is 11.3 Å². The van der Waals surface area contributed by atoms with Crippen LogP contribution in [0.5, 0.6) is 0 Å². The van der Waals surface area contributed by atoms with E-state index in [0.29, 0.717) is 30.0 Å². The maximum Gasteiger partial charge on any atom is 0.282 e. The maximum atomic E-state index is 13.7. The summed E-state index contributed by atoms with van der Waals surface area (Å²) in [6.07, 6.45) is 0. The predicted molar refractivity (Wildman–Crippen MR) is 130 cm³/mol. The van der Waals surface area contributed by atoms with Gasteiger partial charge >= 0.3 is 0 Å². The first-order chi connectivity index (χ1) is 15.6. The summed E-state index contributed by atoms with van der Waals surface area (Å²) in [5.41, 5.74) is 4.93. The zero-order valence-electron chi connectivity index (χ0n) is 18.2. The van der Waals surface area contributed by atoms with Gasteiger partial charge in [0.2, 0.25) is 0 Å². The van der Waals surface area contributed by atoms with Crippen molar-refractivity contribution in [2.24, 2.45) is 0 Å². The number of carbonyl (C=O) groups excluding carboxylic acids is 2. The van der Waals surface area contributed by atoms with Gasteiger partial charge in [0.1, 0.15) is 5.70 Å². The largest absolute Gasteiger partial charge is 0.368 e. The third-order valence-corrected chi connectivity index (χ3v) is 7.25. The highest BCUT2D eigenvalue weighted by atomic mass is 32.1. The fourth-order valence-electron chi connectivity index (χ4n) is 4.48. The molecule has 0 N–H and O–H groups in total. The highest BCUT2D eigenvalue weighted by molar-refractivity contribution is 7.11. The van der Waals surface area contributed by atoms with E-state index in [1.807, 2.05) is 67.8 Å². The van der Waals surface area contributed by atoms with Crippen molar-refractivity contribution in [3.05, 3.63) is 87.7 Å². The SMILES string of the molecule is Cc1cccc(N2C(=O)C(c3cccs3)=C(N3CCN(c4ccccc4)CC3)C2=O)c1C. The Morgan fingerprint density at radius 2 is 1.47 bits per heavy atom. The Bertz CT molecular complexity index is 1190. The number of anilines is 2. The van der Waals surface area contributed by atoms with Gasteiger partial charge in [0.05, 0.1) is 11.3 Å². The van der Waals surface area contributed by atoms with E-state index in [2.05, 4.69) is 21.9 Å². The van der Waals surface area contributed by atoms with Crippen molar-refractivity contribution in [3.63, 3.8) is 0 Å². The minimum Gasteiger partial charge on any atom is -0.368 e. The van der Waals surface area contributed by atoms with Crippen molar-refractivity contribution >= 4 is 40.1 Å². The number of nitrogens with zero attached hydrogens (tertiary/aromatic N) is 3. The second kappa shape index (κ2) is 8.28. The summed E-state index contributed by atoms with van der Waals surface area (Å²) >= 11 is 1.50. The number of amides is 2. The van der Waals surface area contributed by atoms with Crippen LogP contribution in [0, 0.1) is 13.8 Å². The molecule has 2 aromatic carbocycles. The van der Waals surface area contributed by atoms with Crippen molar-refractivity contribution in [1.29, 1.82) is 0 Å². The van der Waals surface area contributed by atoms with Crippen molar-refractivity contribution in [3.8, 4) is 0 Å². The van der Waals surface area contributed by atoms with Crippen LogP contribution < -0.4 is 9.80 Å². The molecule has 32 heavy (non-hydrogen) atoms. The first kappa shape index (κ1) is 20.5. The number of piperazine rings is 1. The first-order valence-electron chi connectivity index (χ1n) is 10.8. The fraction of sp³-hybridized carbons (Fsp3) is 0.231. The molecule has 6 heteroatoms. The van der Waals surface area contributed by atoms with Gasteiger partial charge in [0, 0.05) is 36.7 Å². The molecular formula is C26H25N3O2S. The van der Waals surface area contributed by atoms with Crippen molar-refractivity contribution in [1.82, 2.24) is 4.90 Å². The van der Waals surface area contributed by atoms with Gasteiger partial charge < -0.3 is 9.80 Å². The van der Waals surface area contributed by atoms with Crippen LogP contribution in [-0.4, -0.2) is 42.9 Å². The number of rotatable bonds is 4. The van der Waals surface area contributed by atoms with E-state index in [1.165, 1.54) is 21.9 Å². The van der Waals surface area contributed by atoms with Crippen LogP contribution in [0.25, 0.3) is 5.57 Å². The van der Waals surface area contributed by atoms with Crippen LogP contribution in [0.1, 0.15) is 16.0 Å². The summed E-state index contributed by atoms with van der Waals surface area (Å²) < 4.78 is 0. The number of imide groups is 1. The summed E-state index contributed by atoms with van der Waals surface area (Å²) in [6, 6.07) is 19.9. The minimum atomic E-state index is -0.230. The monoisotopic (exact) mass is 443 g/mol. The van der Waals surface area contributed by atoms with Crippen LogP contribution in [0.4, 0.5) is 11.4 Å². The van der Waals surface area contributed by atoms with Crippen LogP contribution in [-0.2, 0) is 9.59 Å². The van der Waals surface area contributed by atoms with Crippen molar-refractivity contribution in [2.75, 3.05) is 36.0 Å². The van der Waals surface area contributed by atoms with E-state index < -0.39 is 0 Å². The van der Waals surface area contributed by atoms with Crippen LogP contribution >= 0.6 is 11.3 Å². The molecule has 0 aliphatic carbocycles. The molecule has 0 unspecified atom stereocenters. The average Bonchev–Trinajstić information content (AvgIpc) is 3.43. The molecule has 0 atom stereocenters. The van der Waals surface area contributed by atoms with E-state index in [1.54, 1.807) is 0 Å². The summed E-state index contributed by atoms with van der Waals surface area (Å²) in [5.74, 6) is -0.452. The van der Waals surface area contributed by atoms with Crippen molar-refractivity contribution < 1.29 is 9.59 Å². The third kappa shape index (κ3) is 3.41. The Morgan fingerprint density at radius 3 is 2.16 bits per heavy atom. The normalized spacial score (nSPS) is 17.0. The summed E-state index contributed by atoms with van der Waals surface area (Å²) in [7, 11) is 0. The smallest absolute Gasteiger partial charge is 0.282 e. The Hall–Kier alpha value is -3.38. The van der Waals surface area contributed by atoms with Crippen LogP contribution in [0.15, 0.2) is 71.7 Å². The number of para-hydroxylation sites is 1. The summed E-state index contributed by atoms with van der Waals surface area (Å²) in [4.78, 5) is 34.0. The molecule has 1 aromatic heterocycles. The molecule has 0 bridgehead atoms. The fourth-order valence-corrected chi connectivity index (χ4v) is 5.24. The van der Waals surface area contributed by atoms with Crippen molar-refractivity contribution in [2.45, 2.75) is 13.8 Å². The zero-order valence-corrected chi connectivity index (χ0v) is 19.1. The third-order valence-electron chi connectivity index (χ3n) is 6.36. The first-order valence-corrected chi connectivity index (χ1v) is 11.7. The molecule has 2 aliphatic rings. The molecule has 3 heterocycles. The van der Waals surface area contributed by atoms with E-state index >= 15 is 0 Å². The second-order valence-corrected chi connectivity index (χ2v) is 9.12. The quantitative estimate of drug-likeness (QED) is 0.558. The molecular weight excluding hydrogens is 418 g/mol. The zero-order chi connectivity index (χ0) is 22.2. The highest BCUT2D eigenvalue weighted by Crippen LogP contribution is 2.38. The molecule has 3 aromatic rings. The van der Waals surface area contributed by atoms with Gasteiger partial charge in [0.25, 0.3) is 11.8 Å². The average molecular weight is 444 g/mol. The molecule has 162 valence electrons. The van der Waals surface area contributed by atoms with Gasteiger partial charge in [0.15, 0.2) is 0 Å². The Morgan fingerprint density at radius 1 is 0.750 bits per heavy atom. The van der Waals surface area contributed by atoms with Gasteiger partial charge in [-0.3, -0.25) is 9.59 Å². The number of benzene rings is 2. The lowest BCUT2D eigenvalue weighted by atomic mass is 10.1. The standard InChI is InChI=1S/C26H25N3O2S/c1-18-8-6-11-21(19(18)2)29-25(30)23(22-12-7-17-32-22)24(26(29)31)28-15-13-27(14-16-28)20-9-4-3-5-10-20/h3-12,17H,13-16H2,1-2H3. The van der Waals surface area contributed by atoms with E-state index in [9.17, 15) is 9.59 Å². The number of aryl methyl sites for hydroxylation is 1. The van der Waals surface area contributed by atoms with Gasteiger partial charge in [-0.1, -0.05) is 36.4 Å². The van der Waals surface area contributed by atoms with Crippen LogP contribution in [0.3, 0.4) is 0 Å². The van der Waals surface area contributed by atoms with Gasteiger partial charge in [-0.2, -0.15) is 0 Å². The molecule has 0 spiro atoms. The lowest BCUT2D eigenvalue weighted by molar-refractivity contribution is -0.120. The second-order valence-electron chi connectivity index (χ2n) is 8.18. The lowest BCUT2D eigenvalue weighted by Gasteiger charge is -2.37. The summed E-state index contributed by atoms with van der Waals surface area (Å²) in [5, 5.41) is 1.95. The molecule has 5 rings (SSSR count). The van der Waals surface area contributed by atoms with E-state index in [-0.39, 0.29) is 11.8 Å². The number of carbonyl (C=O) groups is 2. The number of thiophene rings is 1. The summed E-state index contributed by atoms with van der Waals surface area (Å²) in [6.45, 7) is 6.96. The van der Waals surface area contributed by atoms with Gasteiger partial charge in [-0.05, 0) is 54.6 Å². The Kier molecular flexibility index (Phi) is 5.31. The van der Waals surface area contributed by atoms with E-state index in [0.717, 1.165) is 29.1 Å². The minimum absolute atomic E-state index is 0.222. The molecule has 1 fully saturated rings. The molecule has 0 saturated carbocycles. The Labute approximate surface area is 192 Å². The van der Waals surface area contributed by atoms with Gasteiger partial charge in [-0.25, -0.2) is 4.90 Å². The maximum absolute atomic E-state index is 13.7. The molecule has 2 amide bonds. The van der Waals surface area contributed by atoms with Crippen LogP contribution in [0.2, 0.25) is 0 Å². The molecule has 0 radical (unpaired) electrons. The molecule has 5 nitrogen and oxygen atoms in total. The Balaban J connectivity index is 1.50. The molecule has 1 saturated heterocycles. The highest BCUT2D eigenvalue weighted by Gasteiger charge is 2.43. The predicted octanol–water partition coefficient (Wildman–Crippen LogP) is 4.47. The lowest BCUT2D eigenvalue weighted by Crippen LogP contribution is -2.47. The topological polar surface area (TPSA) is 43.9 Å². The van der Waals surface area contributed by atoms with E-state index in [4.69, 9.17) is 0 Å². The number of hydrogen-bond acceptors (Lipinski definition) is 5.